The Hall–Kier alpha value is -4.03. The molecule has 0 spiro atoms. The highest BCUT2D eigenvalue weighted by Crippen LogP contribution is 2.35. The van der Waals surface area contributed by atoms with E-state index in [1.807, 2.05) is 6.92 Å². The van der Waals surface area contributed by atoms with E-state index in [0.29, 0.717) is 28.5 Å². The second-order valence-corrected chi connectivity index (χ2v) is 8.35. The van der Waals surface area contributed by atoms with Gasteiger partial charge in [0, 0.05) is 39.1 Å². The van der Waals surface area contributed by atoms with Crippen molar-refractivity contribution in [3.63, 3.8) is 0 Å². The number of carbonyl (C=O) groups excluding carboxylic acids is 1. The van der Waals surface area contributed by atoms with Crippen LogP contribution in [-0.2, 0) is 18.9 Å². The van der Waals surface area contributed by atoms with E-state index in [1.165, 1.54) is 23.0 Å². The van der Waals surface area contributed by atoms with Crippen LogP contribution in [0.5, 0.6) is 11.5 Å². The third kappa shape index (κ3) is 5.44. The molecule has 13 heteroatoms. The largest absolute Gasteiger partial charge is 0.454 e. The van der Waals surface area contributed by atoms with Gasteiger partial charge in [0.1, 0.15) is 34.5 Å². The number of hydrogen-bond donors (Lipinski definition) is 3. The van der Waals surface area contributed by atoms with Gasteiger partial charge in [-0.2, -0.15) is 4.98 Å². The van der Waals surface area contributed by atoms with Crippen LogP contribution in [0.3, 0.4) is 0 Å². The van der Waals surface area contributed by atoms with E-state index < -0.39 is 6.67 Å². The lowest BCUT2D eigenvalue weighted by atomic mass is 10.3. The predicted molar refractivity (Wildman–Crippen MR) is 135 cm³/mol. The van der Waals surface area contributed by atoms with Gasteiger partial charge in [0.15, 0.2) is 11.4 Å². The number of carbonyl (C=O) groups is 1. The Morgan fingerprint density at radius 3 is 2.83 bits per heavy atom. The monoisotopic (exact) mass is 514 g/mol. The van der Waals surface area contributed by atoms with Crippen LogP contribution >= 0.6 is 11.6 Å². The van der Waals surface area contributed by atoms with Gasteiger partial charge in [0.25, 0.3) is 5.56 Å². The van der Waals surface area contributed by atoms with E-state index in [-0.39, 0.29) is 41.1 Å². The van der Waals surface area contributed by atoms with Crippen molar-refractivity contribution in [2.24, 2.45) is 14.1 Å². The first-order chi connectivity index (χ1) is 17.3. The molecule has 188 valence electrons. The number of amides is 1. The molecule has 0 fully saturated rings. The average molecular weight is 515 g/mol. The molecule has 36 heavy (non-hydrogen) atoms. The van der Waals surface area contributed by atoms with Gasteiger partial charge in [-0.15, -0.1) is 0 Å². The molecule has 4 heterocycles. The Kier molecular flexibility index (Phi) is 7.46. The third-order valence-electron chi connectivity index (χ3n) is 5.16. The number of ether oxygens (including phenoxy) is 1. The molecule has 4 rings (SSSR count). The quantitative estimate of drug-likeness (QED) is 0.291. The Morgan fingerprint density at radius 2 is 2.06 bits per heavy atom. The molecule has 0 radical (unpaired) electrons. The lowest BCUT2D eigenvalue weighted by Gasteiger charge is -2.11. The van der Waals surface area contributed by atoms with Crippen LogP contribution in [0, 0.1) is 6.92 Å². The second-order valence-electron chi connectivity index (χ2n) is 7.97. The topological polar surface area (TPSA) is 128 Å². The molecule has 0 bridgehead atoms. The van der Waals surface area contributed by atoms with E-state index in [4.69, 9.17) is 16.3 Å². The first kappa shape index (κ1) is 25.1. The van der Waals surface area contributed by atoms with E-state index >= 15 is 0 Å². The van der Waals surface area contributed by atoms with Gasteiger partial charge in [0.2, 0.25) is 11.9 Å². The number of imidazole rings is 1. The summed E-state index contributed by atoms with van der Waals surface area (Å²) in [7, 11) is 3.42. The molecule has 0 atom stereocenters. The number of anilines is 3. The maximum Gasteiger partial charge on any atom is 0.274 e. The number of nitrogens with zero attached hydrogens (tertiary/aromatic N) is 5. The highest BCUT2D eigenvalue weighted by Gasteiger charge is 2.18. The maximum absolute atomic E-state index is 12.5. The van der Waals surface area contributed by atoms with Gasteiger partial charge < -0.3 is 29.8 Å². The van der Waals surface area contributed by atoms with Crippen molar-refractivity contribution in [2.45, 2.75) is 6.92 Å². The first-order valence-corrected chi connectivity index (χ1v) is 11.3. The number of aryl methyl sites for hydroxylation is 3. The molecule has 0 aliphatic heterocycles. The van der Waals surface area contributed by atoms with Gasteiger partial charge in [0.05, 0.1) is 12.7 Å². The number of hydrogen-bond acceptors (Lipinski definition) is 8. The van der Waals surface area contributed by atoms with Gasteiger partial charge in [-0.05, 0) is 24.6 Å². The van der Waals surface area contributed by atoms with Crippen LogP contribution in [0.4, 0.5) is 21.8 Å². The van der Waals surface area contributed by atoms with Gasteiger partial charge in [-0.25, -0.2) is 14.4 Å². The van der Waals surface area contributed by atoms with E-state index in [1.54, 1.807) is 37.0 Å². The van der Waals surface area contributed by atoms with Crippen LogP contribution in [0.15, 0.2) is 41.6 Å². The second kappa shape index (κ2) is 10.7. The summed E-state index contributed by atoms with van der Waals surface area (Å²) in [5.74, 6) is 0.903. The lowest BCUT2D eigenvalue weighted by Crippen LogP contribution is -2.29. The fraction of sp³-hybridized carbons (Fsp3) is 0.261. The average Bonchev–Trinajstić information content (AvgIpc) is 3.15. The summed E-state index contributed by atoms with van der Waals surface area (Å²) in [5.41, 5.74) is 1.95. The number of rotatable bonds is 9. The van der Waals surface area contributed by atoms with Crippen LogP contribution in [0.1, 0.15) is 5.56 Å². The standard InChI is InChI=1S/C23H24ClFN8O3/c1-13-8-15(22(35)32(2)12-13)29-23-31-21-20(33(23)3)19(24)16(10-28-21)36-14-4-6-27-17(9-14)30-18(34)11-26-7-5-25/h4,6,8-10,12,26H,5,7,11H2,1-3H3,(H,27,30,34)(H,28,29,31). The van der Waals surface area contributed by atoms with Crippen molar-refractivity contribution < 1.29 is 13.9 Å². The Labute approximate surface area is 210 Å². The minimum absolute atomic E-state index is 0.0470. The molecule has 0 aliphatic carbocycles. The minimum atomic E-state index is -0.563. The Morgan fingerprint density at radius 1 is 1.25 bits per heavy atom. The van der Waals surface area contributed by atoms with Crippen LogP contribution in [0.2, 0.25) is 5.02 Å². The number of pyridine rings is 3. The zero-order valence-electron chi connectivity index (χ0n) is 19.8. The summed E-state index contributed by atoms with van der Waals surface area (Å²) in [5, 5.41) is 8.59. The molecular formula is C23H24ClFN8O3. The van der Waals surface area contributed by atoms with E-state index in [2.05, 4.69) is 30.9 Å². The van der Waals surface area contributed by atoms with Crippen molar-refractivity contribution in [3.8, 4) is 11.5 Å². The number of fused-ring (bicyclic) bond motifs is 1. The van der Waals surface area contributed by atoms with Crippen molar-refractivity contribution in [1.82, 2.24) is 29.4 Å². The molecule has 0 aliphatic rings. The highest BCUT2D eigenvalue weighted by atomic mass is 35.5. The summed E-state index contributed by atoms with van der Waals surface area (Å²) in [4.78, 5) is 37.3. The Balaban J connectivity index is 1.57. The molecular weight excluding hydrogens is 491 g/mol. The van der Waals surface area contributed by atoms with Crippen LogP contribution in [-0.4, -0.2) is 49.8 Å². The van der Waals surface area contributed by atoms with E-state index in [9.17, 15) is 14.0 Å². The zero-order valence-corrected chi connectivity index (χ0v) is 20.6. The van der Waals surface area contributed by atoms with Crippen molar-refractivity contribution in [3.05, 3.63) is 57.7 Å². The first-order valence-electron chi connectivity index (χ1n) is 10.9. The number of aromatic nitrogens is 5. The van der Waals surface area contributed by atoms with Crippen LogP contribution in [0.25, 0.3) is 11.2 Å². The fourth-order valence-electron chi connectivity index (χ4n) is 3.51. The molecule has 11 nitrogen and oxygen atoms in total. The lowest BCUT2D eigenvalue weighted by molar-refractivity contribution is -0.115. The number of halogens is 2. The van der Waals surface area contributed by atoms with Crippen molar-refractivity contribution in [1.29, 1.82) is 0 Å². The molecule has 3 N–H and O–H groups in total. The van der Waals surface area contributed by atoms with Crippen molar-refractivity contribution >= 4 is 46.1 Å². The molecule has 1 amide bonds. The molecule has 4 aromatic heterocycles. The molecule has 0 saturated carbocycles. The van der Waals surface area contributed by atoms with Gasteiger partial charge >= 0.3 is 0 Å². The maximum atomic E-state index is 12.5. The summed E-state index contributed by atoms with van der Waals surface area (Å²) in [6, 6.07) is 4.86. The molecule has 0 aromatic carbocycles. The predicted octanol–water partition coefficient (Wildman–Crippen LogP) is 3.06. The van der Waals surface area contributed by atoms with Crippen LogP contribution < -0.4 is 26.2 Å². The molecule has 4 aromatic rings. The van der Waals surface area contributed by atoms with E-state index in [0.717, 1.165) is 5.56 Å². The smallest absolute Gasteiger partial charge is 0.274 e. The third-order valence-corrected chi connectivity index (χ3v) is 5.52. The number of alkyl halides is 1. The summed E-state index contributed by atoms with van der Waals surface area (Å²) >= 11 is 6.65. The minimum Gasteiger partial charge on any atom is -0.454 e. The van der Waals surface area contributed by atoms with Gasteiger partial charge in [-0.3, -0.25) is 9.59 Å². The molecule has 0 saturated heterocycles. The highest BCUT2D eigenvalue weighted by molar-refractivity contribution is 6.36. The summed E-state index contributed by atoms with van der Waals surface area (Å²) < 4.78 is 21.2. The number of nitrogens with one attached hydrogen (secondary N) is 3. The normalized spacial score (nSPS) is 11.0. The SMILES string of the molecule is Cc1cc(Nc2nc3ncc(Oc4ccnc(NC(=O)CNCCF)c4)c(Cl)c3n2C)c(=O)n(C)c1. The summed E-state index contributed by atoms with van der Waals surface area (Å²) in [6.45, 7) is 1.37. The zero-order chi connectivity index (χ0) is 25.8. The van der Waals surface area contributed by atoms with Crippen molar-refractivity contribution in [2.75, 3.05) is 30.4 Å². The van der Waals surface area contributed by atoms with Gasteiger partial charge in [-0.1, -0.05) is 11.6 Å². The fourth-order valence-corrected chi connectivity index (χ4v) is 3.81. The molecule has 0 unspecified atom stereocenters. The summed E-state index contributed by atoms with van der Waals surface area (Å²) in [6.07, 6.45) is 4.64. The Bertz CT molecular complexity index is 1490.